The van der Waals surface area contributed by atoms with E-state index in [4.69, 9.17) is 9.47 Å². The van der Waals surface area contributed by atoms with Crippen molar-refractivity contribution in [3.63, 3.8) is 0 Å². The molecule has 2 aromatic carbocycles. The maximum absolute atomic E-state index is 12.1. The van der Waals surface area contributed by atoms with E-state index in [2.05, 4.69) is 15.3 Å². The Hall–Kier alpha value is -3.06. The van der Waals surface area contributed by atoms with Crippen molar-refractivity contribution in [3.8, 4) is 11.5 Å². The van der Waals surface area contributed by atoms with Crippen molar-refractivity contribution in [2.75, 3.05) is 26.1 Å². The first-order valence-electron chi connectivity index (χ1n) is 7.74. The van der Waals surface area contributed by atoms with E-state index in [0.29, 0.717) is 33.9 Å². The molecule has 7 nitrogen and oxygen atoms in total. The third kappa shape index (κ3) is 3.72. The molecule has 0 aliphatic heterocycles. The Labute approximate surface area is 144 Å². The monoisotopic (exact) mass is 341 g/mol. The quantitative estimate of drug-likeness (QED) is 0.635. The lowest BCUT2D eigenvalue weighted by molar-refractivity contribution is 0.190. The molecule has 3 N–H and O–H groups in total. The first kappa shape index (κ1) is 16.8. The molecule has 130 valence electrons. The predicted molar refractivity (Wildman–Crippen MR) is 95.4 cm³/mol. The zero-order chi connectivity index (χ0) is 17.8. The van der Waals surface area contributed by atoms with Crippen molar-refractivity contribution in [2.24, 2.45) is 0 Å². The SMILES string of the molecule is COc1cc(OC)cc(C(O)CNc2nc3ccccc3c(=O)[nH]2)c1. The molecule has 7 heteroatoms. The molecule has 0 saturated carbocycles. The van der Waals surface area contributed by atoms with Gasteiger partial charge in [-0.2, -0.15) is 0 Å². The lowest BCUT2D eigenvalue weighted by atomic mass is 10.1. The van der Waals surface area contributed by atoms with Crippen LogP contribution in [0.15, 0.2) is 47.3 Å². The summed E-state index contributed by atoms with van der Waals surface area (Å²) in [4.78, 5) is 19.1. The van der Waals surface area contributed by atoms with Crippen LogP contribution in [0.3, 0.4) is 0 Å². The van der Waals surface area contributed by atoms with E-state index in [-0.39, 0.29) is 12.1 Å². The lowest BCUT2D eigenvalue weighted by Crippen LogP contribution is -2.17. The van der Waals surface area contributed by atoms with Crippen LogP contribution in [0.4, 0.5) is 5.95 Å². The molecule has 1 atom stereocenters. The molecule has 3 rings (SSSR count). The molecule has 0 bridgehead atoms. The van der Waals surface area contributed by atoms with Crippen LogP contribution in [0.5, 0.6) is 11.5 Å². The molecule has 0 fully saturated rings. The maximum atomic E-state index is 12.1. The van der Waals surface area contributed by atoms with Crippen molar-refractivity contribution >= 4 is 16.9 Å². The molecule has 0 spiro atoms. The van der Waals surface area contributed by atoms with Gasteiger partial charge in [-0.05, 0) is 29.8 Å². The van der Waals surface area contributed by atoms with Gasteiger partial charge in [-0.25, -0.2) is 4.98 Å². The number of nitrogens with one attached hydrogen (secondary N) is 2. The van der Waals surface area contributed by atoms with Crippen LogP contribution in [0.25, 0.3) is 10.9 Å². The number of aromatic amines is 1. The van der Waals surface area contributed by atoms with E-state index in [0.717, 1.165) is 0 Å². The van der Waals surface area contributed by atoms with E-state index in [9.17, 15) is 9.90 Å². The number of ether oxygens (including phenoxy) is 2. The molecule has 25 heavy (non-hydrogen) atoms. The summed E-state index contributed by atoms with van der Waals surface area (Å²) in [5.74, 6) is 1.48. The van der Waals surface area contributed by atoms with Gasteiger partial charge < -0.3 is 19.9 Å². The van der Waals surface area contributed by atoms with Crippen molar-refractivity contribution in [3.05, 3.63) is 58.4 Å². The number of hydrogen-bond acceptors (Lipinski definition) is 6. The fraction of sp³-hybridized carbons (Fsp3) is 0.222. The zero-order valence-electron chi connectivity index (χ0n) is 13.9. The second-order valence-electron chi connectivity index (χ2n) is 5.47. The molecular formula is C18H19N3O4. The minimum absolute atomic E-state index is 0.164. The number of benzene rings is 2. The minimum Gasteiger partial charge on any atom is -0.497 e. The summed E-state index contributed by atoms with van der Waals surface area (Å²) in [6.45, 7) is 0.164. The first-order chi connectivity index (χ1) is 12.1. The summed E-state index contributed by atoms with van der Waals surface area (Å²) in [5.41, 5.74) is 0.990. The van der Waals surface area contributed by atoms with Crippen LogP contribution >= 0.6 is 0 Å². The van der Waals surface area contributed by atoms with Crippen LogP contribution in [0, 0.1) is 0 Å². The number of rotatable bonds is 6. The van der Waals surface area contributed by atoms with Crippen LogP contribution < -0.4 is 20.3 Å². The van der Waals surface area contributed by atoms with Crippen molar-refractivity contribution in [1.82, 2.24) is 9.97 Å². The summed E-state index contributed by atoms with van der Waals surface area (Å²) in [6.07, 6.45) is -0.833. The van der Waals surface area contributed by atoms with E-state index >= 15 is 0 Å². The topological polar surface area (TPSA) is 96.5 Å². The summed E-state index contributed by atoms with van der Waals surface area (Å²) in [6, 6.07) is 12.3. The van der Waals surface area contributed by atoms with Gasteiger partial charge in [0.1, 0.15) is 11.5 Å². The largest absolute Gasteiger partial charge is 0.497 e. The molecule has 0 aliphatic carbocycles. The molecule has 0 saturated heterocycles. The molecule has 0 radical (unpaired) electrons. The third-order valence-electron chi connectivity index (χ3n) is 3.83. The highest BCUT2D eigenvalue weighted by atomic mass is 16.5. The van der Waals surface area contributed by atoms with E-state index < -0.39 is 6.10 Å². The average Bonchev–Trinajstić information content (AvgIpc) is 2.65. The fourth-order valence-corrected chi connectivity index (χ4v) is 2.50. The smallest absolute Gasteiger partial charge is 0.260 e. The molecular weight excluding hydrogens is 322 g/mol. The normalized spacial score (nSPS) is 12.0. The highest BCUT2D eigenvalue weighted by Crippen LogP contribution is 2.26. The van der Waals surface area contributed by atoms with Gasteiger partial charge in [0.2, 0.25) is 5.95 Å². The Morgan fingerprint density at radius 3 is 2.52 bits per heavy atom. The average molecular weight is 341 g/mol. The molecule has 0 aliphatic rings. The number of H-pyrrole nitrogens is 1. The van der Waals surface area contributed by atoms with Crippen molar-refractivity contribution in [2.45, 2.75) is 6.10 Å². The zero-order valence-corrected chi connectivity index (χ0v) is 13.9. The number of methoxy groups -OCH3 is 2. The number of fused-ring (bicyclic) bond motifs is 1. The Morgan fingerprint density at radius 1 is 1.16 bits per heavy atom. The molecule has 1 heterocycles. The maximum Gasteiger partial charge on any atom is 0.260 e. The number of hydrogen-bond donors (Lipinski definition) is 3. The fourth-order valence-electron chi connectivity index (χ4n) is 2.50. The van der Waals surface area contributed by atoms with Crippen molar-refractivity contribution in [1.29, 1.82) is 0 Å². The minimum atomic E-state index is -0.833. The second kappa shape index (κ2) is 7.23. The lowest BCUT2D eigenvalue weighted by Gasteiger charge is -2.15. The number of aliphatic hydroxyl groups is 1. The second-order valence-corrected chi connectivity index (χ2v) is 5.47. The molecule has 1 aromatic heterocycles. The van der Waals surface area contributed by atoms with Gasteiger partial charge in [0, 0.05) is 12.6 Å². The Balaban J connectivity index is 1.78. The molecule has 1 unspecified atom stereocenters. The van der Waals surface area contributed by atoms with Crippen LogP contribution in [0.2, 0.25) is 0 Å². The Morgan fingerprint density at radius 2 is 1.84 bits per heavy atom. The number of nitrogens with zero attached hydrogens (tertiary/aromatic N) is 1. The van der Waals surface area contributed by atoms with Gasteiger partial charge in [-0.1, -0.05) is 12.1 Å². The standard InChI is InChI=1S/C18H19N3O4/c1-24-12-7-11(8-13(9-12)25-2)16(22)10-19-18-20-15-6-4-3-5-14(15)17(23)21-18/h3-9,16,22H,10H2,1-2H3,(H2,19,20,21,23). The van der Waals surface area contributed by atoms with Crippen LogP contribution in [0.1, 0.15) is 11.7 Å². The van der Waals surface area contributed by atoms with Gasteiger partial charge in [-0.15, -0.1) is 0 Å². The van der Waals surface area contributed by atoms with Crippen LogP contribution in [-0.2, 0) is 0 Å². The Kier molecular flexibility index (Phi) is 4.85. The van der Waals surface area contributed by atoms with E-state index in [1.165, 1.54) is 0 Å². The summed E-state index contributed by atoms with van der Waals surface area (Å²) in [5, 5.41) is 13.9. The van der Waals surface area contributed by atoms with Crippen molar-refractivity contribution < 1.29 is 14.6 Å². The summed E-state index contributed by atoms with van der Waals surface area (Å²) >= 11 is 0. The summed E-state index contributed by atoms with van der Waals surface area (Å²) in [7, 11) is 3.10. The van der Waals surface area contributed by atoms with E-state index in [1.54, 1.807) is 50.6 Å². The molecule has 3 aromatic rings. The summed E-state index contributed by atoms with van der Waals surface area (Å²) < 4.78 is 10.4. The van der Waals surface area contributed by atoms with E-state index in [1.807, 2.05) is 6.07 Å². The predicted octanol–water partition coefficient (Wildman–Crippen LogP) is 2.09. The van der Waals surface area contributed by atoms with Crippen LogP contribution in [-0.4, -0.2) is 35.8 Å². The number of para-hydroxylation sites is 1. The van der Waals surface area contributed by atoms with Gasteiger partial charge in [0.25, 0.3) is 5.56 Å². The number of anilines is 1. The third-order valence-corrected chi connectivity index (χ3v) is 3.83. The number of aromatic nitrogens is 2. The molecule has 0 amide bonds. The highest BCUT2D eigenvalue weighted by Gasteiger charge is 2.12. The first-order valence-corrected chi connectivity index (χ1v) is 7.74. The van der Waals surface area contributed by atoms with Gasteiger partial charge in [0.15, 0.2) is 0 Å². The Bertz CT molecular complexity index is 917. The van der Waals surface area contributed by atoms with Gasteiger partial charge in [-0.3, -0.25) is 9.78 Å². The highest BCUT2D eigenvalue weighted by molar-refractivity contribution is 5.78. The van der Waals surface area contributed by atoms with Gasteiger partial charge in [0.05, 0.1) is 31.2 Å². The number of aliphatic hydroxyl groups excluding tert-OH is 1. The van der Waals surface area contributed by atoms with Gasteiger partial charge >= 0.3 is 0 Å².